The van der Waals surface area contributed by atoms with Crippen LogP contribution in [0.25, 0.3) is 6.08 Å². The molecule has 2 aromatic carbocycles. The lowest BCUT2D eigenvalue weighted by molar-refractivity contribution is -0.118. The van der Waals surface area contributed by atoms with Gasteiger partial charge in [0.15, 0.2) is 9.84 Å². The quantitative estimate of drug-likeness (QED) is 0.488. The van der Waals surface area contributed by atoms with E-state index in [1.807, 2.05) is 19.9 Å². The molecule has 0 saturated carbocycles. The van der Waals surface area contributed by atoms with E-state index in [0.717, 1.165) is 17.4 Å². The van der Waals surface area contributed by atoms with E-state index in [0.29, 0.717) is 17.7 Å². The maximum absolute atomic E-state index is 13.1. The Bertz CT molecular complexity index is 1260. The molecule has 1 aromatic heterocycles. The minimum Gasteiger partial charge on any atom is -0.465 e. The molecule has 0 spiro atoms. The number of carbonyl (C=O) groups is 2. The Morgan fingerprint density at radius 1 is 1.06 bits per heavy atom. The third kappa shape index (κ3) is 6.43. The van der Waals surface area contributed by atoms with Gasteiger partial charge in [0.25, 0.3) is 11.8 Å². The molecule has 1 atom stereocenters. The molecule has 33 heavy (non-hydrogen) atoms. The fourth-order valence-electron chi connectivity index (χ4n) is 3.26. The van der Waals surface area contributed by atoms with Gasteiger partial charge in [0.1, 0.15) is 11.5 Å². The summed E-state index contributed by atoms with van der Waals surface area (Å²) in [6.45, 7) is 3.78. The summed E-state index contributed by atoms with van der Waals surface area (Å²) in [7, 11) is -3.31. The molecule has 0 fully saturated rings. The van der Waals surface area contributed by atoms with Crippen LogP contribution in [-0.2, 0) is 14.6 Å². The molecule has 2 amide bonds. The van der Waals surface area contributed by atoms with Crippen molar-refractivity contribution in [3.05, 3.63) is 95.1 Å². The average molecular weight is 467 g/mol. The summed E-state index contributed by atoms with van der Waals surface area (Å²) in [5, 5.41) is 5.59. The van der Waals surface area contributed by atoms with E-state index in [4.69, 9.17) is 4.42 Å². The Labute approximate surface area is 193 Å². The monoisotopic (exact) mass is 466 g/mol. The smallest absolute Gasteiger partial charge is 0.268 e. The standard InChI is InChI=1S/C25H26N2O5S/c1-4-22(18-10-12-21(13-11-18)33(3,30)31)26-25(29)23(16-20-9-6-14-32-20)27-24(28)19-8-5-7-17(2)15-19/h5-16,22H,4H2,1-3H3,(H,26,29)(H,27,28)/b23-16-/t22-/m0/s1. The highest BCUT2D eigenvalue weighted by atomic mass is 32.2. The number of carbonyl (C=O) groups excluding carboxylic acids is 2. The van der Waals surface area contributed by atoms with Gasteiger partial charge in [-0.2, -0.15) is 0 Å². The molecule has 0 unspecified atom stereocenters. The van der Waals surface area contributed by atoms with Crippen molar-refractivity contribution < 1.29 is 22.4 Å². The van der Waals surface area contributed by atoms with Gasteiger partial charge in [-0.15, -0.1) is 0 Å². The molecule has 7 nitrogen and oxygen atoms in total. The van der Waals surface area contributed by atoms with Crippen LogP contribution >= 0.6 is 0 Å². The zero-order valence-corrected chi connectivity index (χ0v) is 19.5. The number of hydrogen-bond acceptors (Lipinski definition) is 5. The first-order chi connectivity index (χ1) is 15.7. The normalized spacial score (nSPS) is 12.8. The molecule has 0 aliphatic heterocycles. The Kier molecular flexibility index (Phi) is 7.50. The van der Waals surface area contributed by atoms with Crippen LogP contribution in [0.2, 0.25) is 0 Å². The predicted molar refractivity (Wildman–Crippen MR) is 126 cm³/mol. The molecule has 0 bridgehead atoms. The van der Waals surface area contributed by atoms with Gasteiger partial charge in [-0.05, 0) is 55.3 Å². The van der Waals surface area contributed by atoms with E-state index in [2.05, 4.69) is 10.6 Å². The lowest BCUT2D eigenvalue weighted by Gasteiger charge is -2.19. The highest BCUT2D eigenvalue weighted by Crippen LogP contribution is 2.20. The molecule has 0 radical (unpaired) electrons. The molecule has 172 valence electrons. The molecule has 0 saturated heterocycles. The number of amides is 2. The van der Waals surface area contributed by atoms with Crippen LogP contribution in [0.5, 0.6) is 0 Å². The van der Waals surface area contributed by atoms with Crippen molar-refractivity contribution in [2.45, 2.75) is 31.2 Å². The molecule has 3 rings (SSSR count). The number of aryl methyl sites for hydroxylation is 1. The van der Waals surface area contributed by atoms with Crippen LogP contribution in [0.15, 0.2) is 81.9 Å². The van der Waals surface area contributed by atoms with Gasteiger partial charge in [-0.1, -0.05) is 36.8 Å². The number of furan rings is 1. The molecule has 3 aromatic rings. The topological polar surface area (TPSA) is 105 Å². The average Bonchev–Trinajstić information content (AvgIpc) is 3.29. The highest BCUT2D eigenvalue weighted by Gasteiger charge is 2.20. The van der Waals surface area contributed by atoms with Crippen LogP contribution in [0.1, 0.15) is 46.6 Å². The number of rotatable bonds is 8. The van der Waals surface area contributed by atoms with Crippen molar-refractivity contribution in [2.24, 2.45) is 0 Å². The number of benzene rings is 2. The number of nitrogens with one attached hydrogen (secondary N) is 2. The van der Waals surface area contributed by atoms with Crippen molar-refractivity contribution >= 4 is 27.7 Å². The Morgan fingerprint density at radius 2 is 1.79 bits per heavy atom. The van der Waals surface area contributed by atoms with E-state index >= 15 is 0 Å². The van der Waals surface area contributed by atoms with Crippen LogP contribution in [0, 0.1) is 6.92 Å². The van der Waals surface area contributed by atoms with Crippen LogP contribution in [0.3, 0.4) is 0 Å². The molecular formula is C25H26N2O5S. The van der Waals surface area contributed by atoms with Crippen molar-refractivity contribution in [2.75, 3.05) is 6.26 Å². The first-order valence-electron chi connectivity index (χ1n) is 10.4. The van der Waals surface area contributed by atoms with E-state index in [1.165, 1.54) is 24.5 Å². The van der Waals surface area contributed by atoms with Crippen LogP contribution in [-0.4, -0.2) is 26.5 Å². The van der Waals surface area contributed by atoms with Gasteiger partial charge in [-0.3, -0.25) is 9.59 Å². The lowest BCUT2D eigenvalue weighted by atomic mass is 10.0. The molecule has 1 heterocycles. The van der Waals surface area contributed by atoms with Crippen molar-refractivity contribution in [1.82, 2.24) is 10.6 Å². The van der Waals surface area contributed by atoms with Gasteiger partial charge in [-0.25, -0.2) is 8.42 Å². The van der Waals surface area contributed by atoms with Gasteiger partial charge in [0, 0.05) is 17.9 Å². The maximum Gasteiger partial charge on any atom is 0.268 e. The summed E-state index contributed by atoms with van der Waals surface area (Å²) in [5.74, 6) is -0.501. The third-order valence-corrected chi connectivity index (χ3v) is 6.16. The van der Waals surface area contributed by atoms with Crippen LogP contribution < -0.4 is 10.6 Å². The number of hydrogen-bond donors (Lipinski definition) is 2. The molecule has 0 aliphatic rings. The summed E-state index contributed by atoms with van der Waals surface area (Å²) in [6.07, 6.45) is 4.64. The first-order valence-corrected chi connectivity index (χ1v) is 12.3. The fraction of sp³-hybridized carbons (Fsp3) is 0.200. The van der Waals surface area contributed by atoms with E-state index in [9.17, 15) is 18.0 Å². The zero-order valence-electron chi connectivity index (χ0n) is 18.7. The first kappa shape index (κ1) is 24.0. The second-order valence-electron chi connectivity index (χ2n) is 7.67. The van der Waals surface area contributed by atoms with E-state index in [1.54, 1.807) is 42.5 Å². The minimum atomic E-state index is -3.31. The Hall–Kier alpha value is -3.65. The largest absolute Gasteiger partial charge is 0.465 e. The summed E-state index contributed by atoms with van der Waals surface area (Å²) in [4.78, 5) is 26.1. The van der Waals surface area contributed by atoms with E-state index in [-0.39, 0.29) is 16.6 Å². The predicted octanol–water partition coefficient (Wildman–Crippen LogP) is 4.03. The van der Waals surface area contributed by atoms with Crippen molar-refractivity contribution in [3.8, 4) is 0 Å². The lowest BCUT2D eigenvalue weighted by Crippen LogP contribution is -2.36. The highest BCUT2D eigenvalue weighted by molar-refractivity contribution is 7.90. The second-order valence-corrected chi connectivity index (χ2v) is 9.69. The van der Waals surface area contributed by atoms with Crippen molar-refractivity contribution in [3.63, 3.8) is 0 Å². The molecule has 2 N–H and O–H groups in total. The Balaban J connectivity index is 1.84. The maximum atomic E-state index is 13.1. The number of sulfone groups is 1. The summed E-state index contributed by atoms with van der Waals surface area (Å²) in [5.41, 5.74) is 2.13. The summed E-state index contributed by atoms with van der Waals surface area (Å²) >= 11 is 0. The van der Waals surface area contributed by atoms with Gasteiger partial charge < -0.3 is 15.1 Å². The summed E-state index contributed by atoms with van der Waals surface area (Å²) in [6, 6.07) is 16.4. The SMILES string of the molecule is CC[C@H](NC(=O)/C(=C/c1ccco1)NC(=O)c1cccc(C)c1)c1ccc(S(C)(=O)=O)cc1. The van der Waals surface area contributed by atoms with Gasteiger partial charge in [0.2, 0.25) is 0 Å². The second kappa shape index (κ2) is 10.3. The molecule has 8 heteroatoms. The van der Waals surface area contributed by atoms with E-state index < -0.39 is 21.7 Å². The zero-order chi connectivity index (χ0) is 24.0. The van der Waals surface area contributed by atoms with Crippen molar-refractivity contribution in [1.29, 1.82) is 0 Å². The molecular weight excluding hydrogens is 440 g/mol. The van der Waals surface area contributed by atoms with Gasteiger partial charge in [0.05, 0.1) is 17.2 Å². The molecule has 0 aliphatic carbocycles. The summed E-state index contributed by atoms with van der Waals surface area (Å²) < 4.78 is 28.7. The van der Waals surface area contributed by atoms with Crippen LogP contribution in [0.4, 0.5) is 0 Å². The minimum absolute atomic E-state index is 0.0302. The fourth-order valence-corrected chi connectivity index (χ4v) is 3.89. The van der Waals surface area contributed by atoms with Gasteiger partial charge >= 0.3 is 0 Å². The Morgan fingerprint density at radius 3 is 2.36 bits per heavy atom. The third-order valence-electron chi connectivity index (χ3n) is 5.03.